The Morgan fingerprint density at radius 3 is 2.37 bits per heavy atom. The quantitative estimate of drug-likeness (QED) is 0.808. The van der Waals surface area contributed by atoms with Gasteiger partial charge in [0.1, 0.15) is 17.6 Å². The lowest BCUT2D eigenvalue weighted by Gasteiger charge is -2.36. The van der Waals surface area contributed by atoms with Gasteiger partial charge in [-0.15, -0.1) is 0 Å². The Morgan fingerprint density at radius 2 is 1.73 bits per heavy atom. The molecular formula is C21H21ClFN5O2. The Kier molecular flexibility index (Phi) is 5.59. The summed E-state index contributed by atoms with van der Waals surface area (Å²) >= 11 is 6.07. The van der Waals surface area contributed by atoms with Gasteiger partial charge in [0.05, 0.1) is 5.69 Å². The van der Waals surface area contributed by atoms with Crippen LogP contribution in [0, 0.1) is 5.82 Å². The van der Waals surface area contributed by atoms with Crippen LogP contribution in [-0.2, 0) is 9.59 Å². The molecule has 0 aliphatic carbocycles. The van der Waals surface area contributed by atoms with Gasteiger partial charge in [-0.1, -0.05) is 17.7 Å². The van der Waals surface area contributed by atoms with Crippen molar-refractivity contribution in [2.45, 2.75) is 12.5 Å². The number of piperazine rings is 1. The van der Waals surface area contributed by atoms with Crippen LogP contribution in [0.25, 0.3) is 0 Å². The standard InChI is InChI=1S/C21H21ClFN5O2/c22-14-2-1-3-17(12-14)26-8-10-27(11-9-26)21(30)18-13-19(20(24)29)28(25-18)16-6-4-15(23)5-7-16/h1-7,12,19H,8-11,13H2,(H2,24,29). The lowest BCUT2D eigenvalue weighted by Crippen LogP contribution is -2.50. The van der Waals surface area contributed by atoms with E-state index in [0.717, 1.165) is 5.69 Å². The summed E-state index contributed by atoms with van der Waals surface area (Å²) in [6.07, 6.45) is 0.125. The monoisotopic (exact) mass is 429 g/mol. The number of anilines is 2. The molecule has 156 valence electrons. The summed E-state index contributed by atoms with van der Waals surface area (Å²) in [5, 5.41) is 6.43. The Bertz CT molecular complexity index is 989. The molecule has 0 radical (unpaired) electrons. The summed E-state index contributed by atoms with van der Waals surface area (Å²) in [5.41, 5.74) is 7.32. The van der Waals surface area contributed by atoms with Gasteiger partial charge in [0.15, 0.2) is 0 Å². The van der Waals surface area contributed by atoms with E-state index in [1.165, 1.54) is 29.3 Å². The minimum absolute atomic E-state index is 0.125. The highest BCUT2D eigenvalue weighted by atomic mass is 35.5. The number of hydrogen-bond acceptors (Lipinski definition) is 5. The number of nitrogens with zero attached hydrogens (tertiary/aromatic N) is 4. The van der Waals surface area contributed by atoms with Crippen LogP contribution in [-0.4, -0.2) is 54.6 Å². The highest BCUT2D eigenvalue weighted by Crippen LogP contribution is 2.26. The second-order valence-electron chi connectivity index (χ2n) is 7.25. The third-order valence-corrected chi connectivity index (χ3v) is 5.55. The average molecular weight is 430 g/mol. The first-order chi connectivity index (χ1) is 14.4. The number of hydrogen-bond donors (Lipinski definition) is 1. The van der Waals surface area contributed by atoms with Crippen molar-refractivity contribution in [2.75, 3.05) is 36.1 Å². The second-order valence-corrected chi connectivity index (χ2v) is 7.69. The van der Waals surface area contributed by atoms with Gasteiger partial charge in [-0.2, -0.15) is 5.10 Å². The fourth-order valence-corrected chi connectivity index (χ4v) is 3.90. The number of carbonyl (C=O) groups is 2. The molecule has 2 aromatic rings. The van der Waals surface area contributed by atoms with Crippen molar-refractivity contribution < 1.29 is 14.0 Å². The predicted molar refractivity (Wildman–Crippen MR) is 114 cm³/mol. The van der Waals surface area contributed by atoms with Crippen LogP contribution >= 0.6 is 11.6 Å². The van der Waals surface area contributed by atoms with Crippen molar-refractivity contribution in [3.05, 3.63) is 59.4 Å². The van der Waals surface area contributed by atoms with E-state index in [2.05, 4.69) is 10.0 Å². The molecule has 4 rings (SSSR count). The molecular weight excluding hydrogens is 409 g/mol. The molecule has 2 heterocycles. The maximum atomic E-state index is 13.2. The topological polar surface area (TPSA) is 82.2 Å². The van der Waals surface area contributed by atoms with Gasteiger partial charge < -0.3 is 15.5 Å². The molecule has 0 saturated carbocycles. The normalized spacial score (nSPS) is 19.1. The zero-order chi connectivity index (χ0) is 21.3. The molecule has 2 amide bonds. The van der Waals surface area contributed by atoms with Crippen molar-refractivity contribution in [2.24, 2.45) is 10.8 Å². The van der Waals surface area contributed by atoms with Crippen LogP contribution in [0.3, 0.4) is 0 Å². The predicted octanol–water partition coefficient (Wildman–Crippen LogP) is 2.25. The van der Waals surface area contributed by atoms with Gasteiger partial charge >= 0.3 is 0 Å². The molecule has 2 aliphatic rings. The summed E-state index contributed by atoms with van der Waals surface area (Å²) in [6.45, 7) is 2.39. The number of rotatable bonds is 4. The summed E-state index contributed by atoms with van der Waals surface area (Å²) in [6, 6.07) is 12.4. The summed E-state index contributed by atoms with van der Waals surface area (Å²) < 4.78 is 13.2. The highest BCUT2D eigenvalue weighted by Gasteiger charge is 2.37. The van der Waals surface area contributed by atoms with Crippen LogP contribution in [0.4, 0.5) is 15.8 Å². The first-order valence-electron chi connectivity index (χ1n) is 9.64. The molecule has 7 nitrogen and oxygen atoms in total. The lowest BCUT2D eigenvalue weighted by atomic mass is 10.1. The van der Waals surface area contributed by atoms with Crippen LogP contribution < -0.4 is 15.6 Å². The maximum Gasteiger partial charge on any atom is 0.270 e. The smallest absolute Gasteiger partial charge is 0.270 e. The zero-order valence-electron chi connectivity index (χ0n) is 16.2. The molecule has 1 saturated heterocycles. The van der Waals surface area contributed by atoms with Gasteiger partial charge in [0, 0.05) is 43.3 Å². The maximum absolute atomic E-state index is 13.2. The van der Waals surface area contributed by atoms with Gasteiger partial charge in [-0.25, -0.2) is 4.39 Å². The molecule has 2 aromatic carbocycles. The first kappa shape index (κ1) is 20.2. The Labute approximate surface area is 178 Å². The van der Waals surface area contributed by atoms with E-state index in [9.17, 15) is 14.0 Å². The SMILES string of the molecule is NC(=O)C1CC(C(=O)N2CCN(c3cccc(Cl)c3)CC2)=NN1c1ccc(F)cc1. The third-order valence-electron chi connectivity index (χ3n) is 5.32. The van der Waals surface area contributed by atoms with E-state index in [1.54, 1.807) is 4.90 Å². The number of benzene rings is 2. The third kappa shape index (κ3) is 4.09. The van der Waals surface area contributed by atoms with Crippen molar-refractivity contribution in [3.8, 4) is 0 Å². The number of amides is 2. The number of nitrogens with two attached hydrogens (primary N) is 1. The largest absolute Gasteiger partial charge is 0.368 e. The molecule has 0 spiro atoms. The van der Waals surface area contributed by atoms with Crippen molar-refractivity contribution >= 4 is 40.5 Å². The highest BCUT2D eigenvalue weighted by molar-refractivity contribution is 6.40. The second kappa shape index (κ2) is 8.31. The van der Waals surface area contributed by atoms with Crippen LogP contribution in [0.5, 0.6) is 0 Å². The fraction of sp³-hybridized carbons (Fsp3) is 0.286. The van der Waals surface area contributed by atoms with Crippen molar-refractivity contribution in [1.82, 2.24) is 4.90 Å². The zero-order valence-corrected chi connectivity index (χ0v) is 16.9. The average Bonchev–Trinajstić information content (AvgIpc) is 3.20. The van der Waals surface area contributed by atoms with Gasteiger partial charge in [-0.05, 0) is 42.5 Å². The van der Waals surface area contributed by atoms with Gasteiger partial charge in [0.2, 0.25) is 5.91 Å². The van der Waals surface area contributed by atoms with E-state index < -0.39 is 17.8 Å². The molecule has 2 aliphatic heterocycles. The molecule has 0 aromatic heterocycles. The van der Waals surface area contributed by atoms with Gasteiger partial charge in [0.25, 0.3) is 5.91 Å². The molecule has 30 heavy (non-hydrogen) atoms. The molecule has 1 atom stereocenters. The minimum Gasteiger partial charge on any atom is -0.368 e. The van der Waals surface area contributed by atoms with E-state index in [4.69, 9.17) is 17.3 Å². The van der Waals surface area contributed by atoms with Crippen LogP contribution in [0.1, 0.15) is 6.42 Å². The molecule has 1 fully saturated rings. The lowest BCUT2D eigenvalue weighted by molar-refractivity contribution is -0.124. The molecule has 2 N–H and O–H groups in total. The summed E-state index contributed by atoms with van der Waals surface area (Å²) in [5.74, 6) is -1.19. The molecule has 1 unspecified atom stereocenters. The van der Waals surface area contributed by atoms with Crippen molar-refractivity contribution in [1.29, 1.82) is 0 Å². The van der Waals surface area contributed by atoms with Gasteiger partial charge in [-0.3, -0.25) is 14.6 Å². The number of hydrazone groups is 1. The van der Waals surface area contributed by atoms with E-state index in [0.29, 0.717) is 36.9 Å². The molecule has 0 bridgehead atoms. The number of halogens is 2. The summed E-state index contributed by atoms with van der Waals surface area (Å²) in [7, 11) is 0. The minimum atomic E-state index is -0.776. The van der Waals surface area contributed by atoms with E-state index in [1.807, 2.05) is 24.3 Å². The number of primary amides is 1. The van der Waals surface area contributed by atoms with Crippen LogP contribution in [0.15, 0.2) is 53.6 Å². The van der Waals surface area contributed by atoms with Crippen LogP contribution in [0.2, 0.25) is 5.02 Å². The Morgan fingerprint density at radius 1 is 1.03 bits per heavy atom. The summed E-state index contributed by atoms with van der Waals surface area (Å²) in [4.78, 5) is 28.8. The molecule has 9 heteroatoms. The Hall–Kier alpha value is -3.13. The van der Waals surface area contributed by atoms with E-state index in [-0.39, 0.29) is 18.0 Å². The Balaban J connectivity index is 1.46. The first-order valence-corrected chi connectivity index (χ1v) is 10.0. The fourth-order valence-electron chi connectivity index (χ4n) is 3.72. The van der Waals surface area contributed by atoms with Crippen molar-refractivity contribution in [3.63, 3.8) is 0 Å². The number of carbonyl (C=O) groups excluding carboxylic acids is 2. The van der Waals surface area contributed by atoms with E-state index >= 15 is 0 Å².